The Morgan fingerprint density at radius 2 is 2.11 bits per heavy atom. The first-order valence-electron chi connectivity index (χ1n) is 5.64. The third-order valence-electron chi connectivity index (χ3n) is 2.37. The number of aliphatic hydroxyl groups is 1. The van der Waals surface area contributed by atoms with Crippen LogP contribution < -0.4 is 15.8 Å². The number of aliphatic hydroxyl groups excluding tert-OH is 1. The van der Waals surface area contributed by atoms with Gasteiger partial charge in [0.05, 0.1) is 11.0 Å². The molecule has 0 aromatic heterocycles. The van der Waals surface area contributed by atoms with Crippen molar-refractivity contribution in [1.29, 1.82) is 0 Å². The van der Waals surface area contributed by atoms with Crippen LogP contribution in [0.4, 0.5) is 4.79 Å². The maximum absolute atomic E-state index is 11.9. The summed E-state index contributed by atoms with van der Waals surface area (Å²) < 4.78 is 26.1. The molecule has 0 fully saturated rings. The molecule has 2 amide bonds. The van der Waals surface area contributed by atoms with Crippen molar-refractivity contribution in [2.24, 2.45) is 5.73 Å². The van der Waals surface area contributed by atoms with Gasteiger partial charge < -0.3 is 16.2 Å². The van der Waals surface area contributed by atoms with Crippen LogP contribution >= 0.6 is 0 Å². The Balaban J connectivity index is 2.72. The second-order valence-corrected chi connectivity index (χ2v) is 5.70. The second kappa shape index (κ2) is 6.50. The Bertz CT molecular complexity index is 543. The Morgan fingerprint density at radius 1 is 1.42 bits per heavy atom. The lowest BCUT2D eigenvalue weighted by atomic mass is 10.1. The van der Waals surface area contributed by atoms with Crippen LogP contribution in [0.3, 0.4) is 0 Å². The third-order valence-corrected chi connectivity index (χ3v) is 3.83. The molecule has 0 aliphatic heterocycles. The first kappa shape index (κ1) is 15.4. The van der Waals surface area contributed by atoms with E-state index in [-0.39, 0.29) is 18.0 Å². The Labute approximate surface area is 111 Å². The van der Waals surface area contributed by atoms with Gasteiger partial charge in [0, 0.05) is 13.1 Å². The number of nitrogens with one attached hydrogen (secondary N) is 2. The monoisotopic (exact) mass is 287 g/mol. The molecule has 1 rings (SSSR count). The number of rotatable bonds is 6. The zero-order chi connectivity index (χ0) is 14.5. The van der Waals surface area contributed by atoms with Crippen LogP contribution in [0.2, 0.25) is 0 Å². The summed E-state index contributed by atoms with van der Waals surface area (Å²) >= 11 is 0. The van der Waals surface area contributed by atoms with Gasteiger partial charge in [-0.3, -0.25) is 0 Å². The lowest BCUT2D eigenvalue weighted by Crippen LogP contribution is -2.37. The van der Waals surface area contributed by atoms with Gasteiger partial charge in [0.15, 0.2) is 0 Å². The normalized spacial score (nSPS) is 12.9. The standard InChI is InChI=1S/C11H17N3O4S/c1-8(15)9-3-2-4-10(7-9)19(17,18)14-6-5-13-11(12)16/h2-4,7-8,14-15H,5-6H2,1H3,(H3,12,13,16). The minimum Gasteiger partial charge on any atom is -0.389 e. The highest BCUT2D eigenvalue weighted by molar-refractivity contribution is 7.89. The predicted octanol–water partition coefficient (Wildman–Crippen LogP) is -0.313. The molecule has 1 atom stereocenters. The van der Waals surface area contributed by atoms with Gasteiger partial charge in [-0.05, 0) is 24.6 Å². The zero-order valence-electron chi connectivity index (χ0n) is 10.5. The van der Waals surface area contributed by atoms with E-state index in [0.29, 0.717) is 5.56 Å². The van der Waals surface area contributed by atoms with E-state index < -0.39 is 22.2 Å². The first-order valence-corrected chi connectivity index (χ1v) is 7.12. The number of carbonyl (C=O) groups is 1. The molecule has 0 aliphatic carbocycles. The highest BCUT2D eigenvalue weighted by Crippen LogP contribution is 2.16. The summed E-state index contributed by atoms with van der Waals surface area (Å²) in [5.74, 6) is 0. The predicted molar refractivity (Wildman–Crippen MR) is 69.9 cm³/mol. The highest BCUT2D eigenvalue weighted by Gasteiger charge is 2.14. The maximum Gasteiger partial charge on any atom is 0.312 e. The average molecular weight is 287 g/mol. The van der Waals surface area contributed by atoms with E-state index in [0.717, 1.165) is 0 Å². The summed E-state index contributed by atoms with van der Waals surface area (Å²) in [6, 6.07) is 5.30. The first-order chi connectivity index (χ1) is 8.83. The lowest BCUT2D eigenvalue weighted by molar-refractivity contribution is 0.199. The number of carbonyl (C=O) groups excluding carboxylic acids is 1. The molecule has 0 spiro atoms. The van der Waals surface area contributed by atoms with Crippen molar-refractivity contribution >= 4 is 16.1 Å². The number of primary amides is 1. The lowest BCUT2D eigenvalue weighted by Gasteiger charge is -2.09. The van der Waals surface area contributed by atoms with E-state index in [1.54, 1.807) is 19.1 Å². The van der Waals surface area contributed by atoms with Crippen molar-refractivity contribution in [1.82, 2.24) is 10.0 Å². The van der Waals surface area contributed by atoms with Crippen molar-refractivity contribution < 1.29 is 18.3 Å². The van der Waals surface area contributed by atoms with E-state index in [1.165, 1.54) is 12.1 Å². The number of urea groups is 1. The van der Waals surface area contributed by atoms with Crippen molar-refractivity contribution in [3.05, 3.63) is 29.8 Å². The quantitative estimate of drug-likeness (QED) is 0.536. The molecular formula is C11H17N3O4S. The molecule has 0 radical (unpaired) electrons. The fourth-order valence-corrected chi connectivity index (χ4v) is 2.48. The molecule has 0 bridgehead atoms. The Hall–Kier alpha value is -1.64. The van der Waals surface area contributed by atoms with E-state index in [4.69, 9.17) is 5.73 Å². The van der Waals surface area contributed by atoms with E-state index >= 15 is 0 Å². The number of benzene rings is 1. The number of nitrogens with two attached hydrogens (primary N) is 1. The van der Waals surface area contributed by atoms with Gasteiger partial charge in [-0.25, -0.2) is 17.9 Å². The van der Waals surface area contributed by atoms with Crippen LogP contribution in [0, 0.1) is 0 Å². The third kappa shape index (κ3) is 4.86. The van der Waals surface area contributed by atoms with Crippen LogP contribution in [0.25, 0.3) is 0 Å². The minimum atomic E-state index is -3.67. The van der Waals surface area contributed by atoms with Gasteiger partial charge in [0.25, 0.3) is 0 Å². The Kier molecular flexibility index (Phi) is 5.28. The molecule has 106 valence electrons. The summed E-state index contributed by atoms with van der Waals surface area (Å²) in [5, 5.41) is 11.7. The van der Waals surface area contributed by atoms with Crippen LogP contribution in [-0.4, -0.2) is 32.6 Å². The molecule has 1 aromatic rings. The summed E-state index contributed by atoms with van der Waals surface area (Å²) in [6.07, 6.45) is -0.744. The van der Waals surface area contributed by atoms with Crippen LogP contribution in [-0.2, 0) is 10.0 Å². The molecule has 7 nitrogen and oxygen atoms in total. The molecule has 19 heavy (non-hydrogen) atoms. The molecule has 0 heterocycles. The van der Waals surface area contributed by atoms with Crippen molar-refractivity contribution in [2.45, 2.75) is 17.9 Å². The number of hydrogen-bond acceptors (Lipinski definition) is 4. The number of amides is 2. The summed E-state index contributed by atoms with van der Waals surface area (Å²) in [6.45, 7) is 1.69. The molecule has 5 N–H and O–H groups in total. The van der Waals surface area contributed by atoms with Crippen molar-refractivity contribution in [2.75, 3.05) is 13.1 Å². The molecule has 0 saturated heterocycles. The van der Waals surface area contributed by atoms with Gasteiger partial charge in [-0.15, -0.1) is 0 Å². The zero-order valence-corrected chi connectivity index (χ0v) is 11.3. The number of sulfonamides is 1. The SMILES string of the molecule is CC(O)c1cccc(S(=O)(=O)NCCNC(N)=O)c1. The molecule has 1 unspecified atom stereocenters. The van der Waals surface area contributed by atoms with E-state index in [1.807, 2.05) is 0 Å². The van der Waals surface area contributed by atoms with E-state index in [9.17, 15) is 18.3 Å². The van der Waals surface area contributed by atoms with Gasteiger partial charge in [0.2, 0.25) is 10.0 Å². The fourth-order valence-electron chi connectivity index (χ4n) is 1.40. The molecule has 1 aromatic carbocycles. The highest BCUT2D eigenvalue weighted by atomic mass is 32.2. The summed E-state index contributed by atoms with van der Waals surface area (Å²) in [4.78, 5) is 10.5. The summed E-state index contributed by atoms with van der Waals surface area (Å²) in [7, 11) is -3.67. The van der Waals surface area contributed by atoms with Crippen LogP contribution in [0.1, 0.15) is 18.6 Å². The fraction of sp³-hybridized carbons (Fsp3) is 0.364. The van der Waals surface area contributed by atoms with E-state index in [2.05, 4.69) is 10.0 Å². The van der Waals surface area contributed by atoms with Gasteiger partial charge in [-0.1, -0.05) is 12.1 Å². The van der Waals surface area contributed by atoms with Crippen molar-refractivity contribution in [3.8, 4) is 0 Å². The molecular weight excluding hydrogens is 270 g/mol. The largest absolute Gasteiger partial charge is 0.389 e. The van der Waals surface area contributed by atoms with Crippen LogP contribution in [0.15, 0.2) is 29.2 Å². The van der Waals surface area contributed by atoms with Gasteiger partial charge >= 0.3 is 6.03 Å². The second-order valence-electron chi connectivity index (χ2n) is 3.94. The smallest absolute Gasteiger partial charge is 0.312 e. The van der Waals surface area contributed by atoms with Gasteiger partial charge in [0.1, 0.15) is 0 Å². The van der Waals surface area contributed by atoms with Gasteiger partial charge in [-0.2, -0.15) is 0 Å². The maximum atomic E-state index is 11.9. The average Bonchev–Trinajstić information content (AvgIpc) is 2.34. The topological polar surface area (TPSA) is 122 Å². The Morgan fingerprint density at radius 3 is 2.68 bits per heavy atom. The molecule has 0 saturated carbocycles. The minimum absolute atomic E-state index is 0.0319. The number of hydrogen-bond donors (Lipinski definition) is 4. The van der Waals surface area contributed by atoms with Crippen molar-refractivity contribution in [3.63, 3.8) is 0 Å². The summed E-state index contributed by atoms with van der Waals surface area (Å²) in [5.41, 5.74) is 5.36. The molecule has 8 heteroatoms. The molecule has 0 aliphatic rings. The van der Waals surface area contributed by atoms with Crippen LogP contribution in [0.5, 0.6) is 0 Å².